The second kappa shape index (κ2) is 5.92. The number of halogens is 1. The Balaban J connectivity index is 2.56. The molecule has 3 N–H and O–H groups in total. The number of nitro benzene ring substituents is 1. The van der Waals surface area contributed by atoms with Crippen LogP contribution in [0.1, 0.15) is 6.42 Å². The van der Waals surface area contributed by atoms with Crippen LogP contribution in [0.25, 0.3) is 0 Å². The number of carboxylic acids is 1. The molecule has 0 aromatic heterocycles. The van der Waals surface area contributed by atoms with Crippen molar-refractivity contribution in [1.82, 2.24) is 0 Å². The maximum absolute atomic E-state index is 13.2. The fourth-order valence-corrected chi connectivity index (χ4v) is 1.15. The van der Waals surface area contributed by atoms with Crippen LogP contribution in [0.2, 0.25) is 0 Å². The van der Waals surface area contributed by atoms with Crippen LogP contribution in [0.15, 0.2) is 18.2 Å². The topological polar surface area (TPSA) is 116 Å². The Hall–Kier alpha value is -2.22. The largest absolute Gasteiger partial charge is 0.493 e. The van der Waals surface area contributed by atoms with E-state index in [-0.39, 0.29) is 18.8 Å². The molecule has 0 saturated carbocycles. The number of hydrogen-bond acceptors (Lipinski definition) is 5. The third-order valence-corrected chi connectivity index (χ3v) is 2.13. The van der Waals surface area contributed by atoms with E-state index >= 15 is 0 Å². The van der Waals surface area contributed by atoms with E-state index in [1.54, 1.807) is 0 Å². The van der Waals surface area contributed by atoms with Gasteiger partial charge in [-0.2, -0.15) is 4.39 Å². The fraction of sp³-hybridized carbons (Fsp3) is 0.300. The van der Waals surface area contributed by atoms with Crippen LogP contribution in [0.5, 0.6) is 5.75 Å². The first-order valence-corrected chi connectivity index (χ1v) is 4.97. The predicted octanol–water partition coefficient (Wildman–Crippen LogP) is 0.915. The zero-order chi connectivity index (χ0) is 13.7. The van der Waals surface area contributed by atoms with Crippen LogP contribution >= 0.6 is 0 Å². The van der Waals surface area contributed by atoms with Gasteiger partial charge in [-0.15, -0.1) is 0 Å². The zero-order valence-electron chi connectivity index (χ0n) is 9.21. The summed E-state index contributed by atoms with van der Waals surface area (Å²) in [6.45, 7) is -0.0231. The van der Waals surface area contributed by atoms with Gasteiger partial charge in [0.1, 0.15) is 11.8 Å². The third-order valence-electron chi connectivity index (χ3n) is 2.13. The van der Waals surface area contributed by atoms with Gasteiger partial charge in [0.25, 0.3) is 0 Å². The van der Waals surface area contributed by atoms with Crippen molar-refractivity contribution in [2.45, 2.75) is 12.5 Å². The van der Waals surface area contributed by atoms with Crippen LogP contribution in [-0.2, 0) is 4.79 Å². The number of rotatable bonds is 6. The first-order valence-electron chi connectivity index (χ1n) is 4.97. The van der Waals surface area contributed by atoms with Gasteiger partial charge in [0.05, 0.1) is 11.5 Å². The lowest BCUT2D eigenvalue weighted by atomic mass is 10.2. The van der Waals surface area contributed by atoms with Crippen LogP contribution < -0.4 is 10.5 Å². The Kier molecular flexibility index (Phi) is 4.55. The smallest absolute Gasteiger partial charge is 0.320 e. The number of nitro groups is 1. The lowest BCUT2D eigenvalue weighted by Gasteiger charge is -2.08. The van der Waals surface area contributed by atoms with Gasteiger partial charge in [-0.05, 0) is 6.07 Å². The molecular weight excluding hydrogens is 247 g/mol. The molecule has 7 nitrogen and oxygen atoms in total. The highest BCUT2D eigenvalue weighted by Gasteiger charge is 2.15. The van der Waals surface area contributed by atoms with E-state index in [1.807, 2.05) is 0 Å². The Bertz CT molecular complexity index is 466. The van der Waals surface area contributed by atoms with Crippen LogP contribution in [0.3, 0.4) is 0 Å². The average molecular weight is 258 g/mol. The molecule has 1 aromatic carbocycles. The number of carbonyl (C=O) groups is 1. The Morgan fingerprint density at radius 3 is 2.78 bits per heavy atom. The molecule has 0 aliphatic rings. The van der Waals surface area contributed by atoms with Crippen LogP contribution in [0, 0.1) is 15.9 Å². The van der Waals surface area contributed by atoms with Gasteiger partial charge in [-0.3, -0.25) is 14.9 Å². The van der Waals surface area contributed by atoms with E-state index in [0.29, 0.717) is 0 Å². The number of ether oxygens (including phenoxy) is 1. The molecule has 18 heavy (non-hydrogen) atoms. The van der Waals surface area contributed by atoms with Gasteiger partial charge in [-0.1, -0.05) is 0 Å². The summed E-state index contributed by atoms with van der Waals surface area (Å²) in [5.41, 5.74) is 4.58. The normalized spacial score (nSPS) is 11.9. The van der Waals surface area contributed by atoms with Gasteiger partial charge in [-0.25, -0.2) is 0 Å². The molecular formula is C10H11FN2O5. The molecule has 0 aliphatic heterocycles. The van der Waals surface area contributed by atoms with Crippen molar-refractivity contribution >= 4 is 11.7 Å². The van der Waals surface area contributed by atoms with E-state index < -0.39 is 28.4 Å². The lowest BCUT2D eigenvalue weighted by molar-refractivity contribution is -0.387. The highest BCUT2D eigenvalue weighted by Crippen LogP contribution is 2.22. The molecule has 98 valence electrons. The summed E-state index contributed by atoms with van der Waals surface area (Å²) >= 11 is 0. The van der Waals surface area contributed by atoms with Crippen molar-refractivity contribution in [1.29, 1.82) is 0 Å². The summed E-state index contributed by atoms with van der Waals surface area (Å²) in [4.78, 5) is 19.9. The molecule has 0 radical (unpaired) electrons. The molecule has 0 bridgehead atoms. The minimum Gasteiger partial charge on any atom is -0.493 e. The van der Waals surface area contributed by atoms with E-state index in [0.717, 1.165) is 12.1 Å². The molecule has 8 heteroatoms. The van der Waals surface area contributed by atoms with E-state index in [2.05, 4.69) is 0 Å². The van der Waals surface area contributed by atoms with Gasteiger partial charge < -0.3 is 15.6 Å². The summed E-state index contributed by atoms with van der Waals surface area (Å²) in [6, 6.07) is 2.01. The molecule has 0 spiro atoms. The molecule has 1 atom stereocenters. The summed E-state index contributed by atoms with van der Waals surface area (Å²) in [7, 11) is 0. The van der Waals surface area contributed by atoms with Crippen LogP contribution in [0.4, 0.5) is 10.1 Å². The average Bonchev–Trinajstić information content (AvgIpc) is 2.28. The Morgan fingerprint density at radius 2 is 2.28 bits per heavy atom. The van der Waals surface area contributed by atoms with Crippen molar-refractivity contribution < 1.29 is 24.0 Å². The Labute approximate surface area is 101 Å². The first kappa shape index (κ1) is 13.8. The molecule has 0 heterocycles. The number of aliphatic carboxylic acids is 1. The molecule has 0 amide bonds. The maximum atomic E-state index is 13.2. The van der Waals surface area contributed by atoms with E-state index in [4.69, 9.17) is 15.6 Å². The third kappa shape index (κ3) is 3.67. The summed E-state index contributed by atoms with van der Waals surface area (Å²) in [5.74, 6) is -2.09. The second-order valence-corrected chi connectivity index (χ2v) is 3.45. The highest BCUT2D eigenvalue weighted by molar-refractivity contribution is 5.72. The minimum absolute atomic E-state index is 0.0231. The standard InChI is InChI=1S/C10H11FN2O5/c11-7-5-6(1-2-9(7)13(16)17)18-4-3-8(12)10(14)15/h1-2,5,8H,3-4,12H2,(H,14,15). The zero-order valence-corrected chi connectivity index (χ0v) is 9.21. The van der Waals surface area contributed by atoms with Gasteiger partial charge >= 0.3 is 11.7 Å². The first-order chi connectivity index (χ1) is 8.41. The number of nitrogens with zero attached hydrogens (tertiary/aromatic N) is 1. The molecule has 0 saturated heterocycles. The van der Waals surface area contributed by atoms with Crippen molar-refractivity contribution in [3.05, 3.63) is 34.1 Å². The number of hydrogen-bond donors (Lipinski definition) is 2. The lowest BCUT2D eigenvalue weighted by Crippen LogP contribution is -2.31. The van der Waals surface area contributed by atoms with Gasteiger partial charge in [0, 0.05) is 18.6 Å². The van der Waals surface area contributed by atoms with Crippen molar-refractivity contribution in [3.63, 3.8) is 0 Å². The maximum Gasteiger partial charge on any atom is 0.320 e. The van der Waals surface area contributed by atoms with E-state index in [9.17, 15) is 19.3 Å². The number of carboxylic acid groups (broad SMARTS) is 1. The van der Waals surface area contributed by atoms with Crippen molar-refractivity contribution in [2.75, 3.05) is 6.61 Å². The highest BCUT2D eigenvalue weighted by atomic mass is 19.1. The molecule has 0 aliphatic carbocycles. The molecule has 0 fully saturated rings. The SMILES string of the molecule is NC(CCOc1ccc([N+](=O)[O-])c(F)c1)C(=O)O. The van der Waals surface area contributed by atoms with E-state index in [1.165, 1.54) is 6.07 Å². The van der Waals surface area contributed by atoms with Crippen LogP contribution in [-0.4, -0.2) is 28.6 Å². The molecule has 1 unspecified atom stereocenters. The number of benzene rings is 1. The van der Waals surface area contributed by atoms with Gasteiger partial charge in [0.15, 0.2) is 0 Å². The summed E-state index contributed by atoms with van der Waals surface area (Å²) in [6.07, 6.45) is 0.0495. The van der Waals surface area contributed by atoms with Crippen molar-refractivity contribution in [2.24, 2.45) is 5.73 Å². The minimum atomic E-state index is -1.16. The fourth-order valence-electron chi connectivity index (χ4n) is 1.15. The Morgan fingerprint density at radius 1 is 1.61 bits per heavy atom. The van der Waals surface area contributed by atoms with Crippen molar-refractivity contribution in [3.8, 4) is 5.75 Å². The second-order valence-electron chi connectivity index (χ2n) is 3.45. The number of nitrogens with two attached hydrogens (primary N) is 1. The molecule has 1 rings (SSSR count). The summed E-state index contributed by atoms with van der Waals surface area (Å²) in [5, 5.41) is 18.9. The summed E-state index contributed by atoms with van der Waals surface area (Å²) < 4.78 is 18.2. The predicted molar refractivity (Wildman–Crippen MR) is 58.8 cm³/mol. The van der Waals surface area contributed by atoms with Gasteiger partial charge in [0.2, 0.25) is 5.82 Å². The quantitative estimate of drug-likeness (QED) is 0.578. The monoisotopic (exact) mass is 258 g/mol. The molecule has 1 aromatic rings.